The van der Waals surface area contributed by atoms with Crippen molar-refractivity contribution in [3.63, 3.8) is 0 Å². The van der Waals surface area contributed by atoms with Gasteiger partial charge in [0.1, 0.15) is 0 Å². The number of aromatic nitrogens is 4. The Labute approximate surface area is 112 Å². The van der Waals surface area contributed by atoms with Crippen molar-refractivity contribution in [1.82, 2.24) is 19.7 Å². The number of H-pyrrole nitrogens is 1. The van der Waals surface area contributed by atoms with Crippen LogP contribution in [0.2, 0.25) is 0 Å². The van der Waals surface area contributed by atoms with Crippen molar-refractivity contribution in [2.75, 3.05) is 0 Å². The zero-order chi connectivity index (χ0) is 13.8. The number of oxime groups is 1. The zero-order valence-corrected chi connectivity index (χ0v) is 10.9. The number of rotatable bonds is 4. The summed E-state index contributed by atoms with van der Waals surface area (Å²) in [6.45, 7) is 2.34. The number of nitrogens with zero attached hydrogens (tertiary/aromatic N) is 4. The lowest BCUT2D eigenvalue weighted by Gasteiger charge is -2.06. The van der Waals surface area contributed by atoms with Crippen LogP contribution in [0.3, 0.4) is 0 Å². The molecule has 0 spiro atoms. The van der Waals surface area contributed by atoms with Gasteiger partial charge < -0.3 is 10.9 Å². The van der Waals surface area contributed by atoms with Crippen LogP contribution < -0.4 is 11.4 Å². The first kappa shape index (κ1) is 13.1. The number of nitrogens with one attached hydrogen (secondary N) is 1. The van der Waals surface area contributed by atoms with Gasteiger partial charge in [0.25, 0.3) is 0 Å². The molecule has 9 heteroatoms. The topological polar surface area (TPSA) is 122 Å². The van der Waals surface area contributed by atoms with Crippen LogP contribution in [0, 0.1) is 0 Å². The summed E-state index contributed by atoms with van der Waals surface area (Å²) in [5, 5.41) is 18.5. The number of aromatic amines is 1. The van der Waals surface area contributed by atoms with Crippen molar-refractivity contribution in [1.29, 1.82) is 0 Å². The third-order valence-corrected chi connectivity index (χ3v) is 3.45. The number of nitrogens with two attached hydrogens (primary N) is 1. The van der Waals surface area contributed by atoms with Crippen molar-refractivity contribution in [3.8, 4) is 0 Å². The first-order valence-electron chi connectivity index (χ1n) is 5.42. The summed E-state index contributed by atoms with van der Waals surface area (Å²) in [5.41, 5.74) is 5.84. The predicted octanol–water partition coefficient (Wildman–Crippen LogP) is 0.232. The van der Waals surface area contributed by atoms with E-state index in [2.05, 4.69) is 20.3 Å². The maximum Gasteiger partial charge on any atom is 0.343 e. The Bertz CT molecular complexity index is 662. The Balaban J connectivity index is 2.41. The molecule has 2 rings (SSSR count). The van der Waals surface area contributed by atoms with Crippen LogP contribution in [-0.2, 0) is 6.54 Å². The highest BCUT2D eigenvalue weighted by Gasteiger charge is 2.13. The molecular weight excluding hydrogens is 268 g/mol. The summed E-state index contributed by atoms with van der Waals surface area (Å²) in [7, 11) is 0. The molecule has 0 atom stereocenters. The van der Waals surface area contributed by atoms with Gasteiger partial charge in [-0.25, -0.2) is 9.89 Å². The Kier molecular flexibility index (Phi) is 3.85. The molecule has 4 N–H and O–H groups in total. The minimum absolute atomic E-state index is 0.0224. The van der Waals surface area contributed by atoms with Crippen LogP contribution in [0.25, 0.3) is 0 Å². The van der Waals surface area contributed by atoms with E-state index in [0.29, 0.717) is 22.2 Å². The number of amidine groups is 1. The molecule has 2 aromatic rings. The van der Waals surface area contributed by atoms with Gasteiger partial charge in [-0.3, -0.25) is 9.55 Å². The van der Waals surface area contributed by atoms with Gasteiger partial charge in [-0.05, 0) is 24.8 Å². The van der Waals surface area contributed by atoms with Crippen molar-refractivity contribution in [3.05, 3.63) is 34.5 Å². The first-order valence-corrected chi connectivity index (χ1v) is 6.24. The van der Waals surface area contributed by atoms with Gasteiger partial charge in [0.05, 0.1) is 0 Å². The molecule has 2 heterocycles. The van der Waals surface area contributed by atoms with Gasteiger partial charge in [-0.1, -0.05) is 5.16 Å². The van der Waals surface area contributed by atoms with Crippen LogP contribution in [0.5, 0.6) is 0 Å². The molecule has 0 bridgehead atoms. The van der Waals surface area contributed by atoms with Gasteiger partial charge in [0.2, 0.25) is 0 Å². The van der Waals surface area contributed by atoms with Crippen molar-refractivity contribution in [2.45, 2.75) is 23.5 Å². The fraction of sp³-hybridized carbons (Fsp3) is 0.200. The Hall–Kier alpha value is -2.29. The minimum Gasteiger partial charge on any atom is -0.409 e. The standard InChI is InChI=1S/C10H12N6O2S/c1-2-16-9(17)13-14-10(16)19-7-5-12-4-3-6(7)8(11)15-18/h3-5,18H,2H2,1H3,(H2,11,15)(H,13,17). The van der Waals surface area contributed by atoms with Crippen molar-refractivity contribution < 1.29 is 5.21 Å². The van der Waals surface area contributed by atoms with Gasteiger partial charge >= 0.3 is 5.69 Å². The average molecular weight is 280 g/mol. The Morgan fingerprint density at radius 1 is 1.68 bits per heavy atom. The number of pyridine rings is 1. The molecule has 0 saturated heterocycles. The van der Waals surface area contributed by atoms with E-state index in [9.17, 15) is 4.79 Å². The maximum absolute atomic E-state index is 11.5. The summed E-state index contributed by atoms with van der Waals surface area (Å²) in [6, 6.07) is 1.62. The van der Waals surface area contributed by atoms with E-state index in [-0.39, 0.29) is 11.5 Å². The smallest absolute Gasteiger partial charge is 0.343 e. The SMILES string of the molecule is CCn1c(Sc2cnccc2/C(N)=N/O)n[nH]c1=O. The normalized spacial score (nSPS) is 11.7. The van der Waals surface area contributed by atoms with E-state index in [1.165, 1.54) is 22.5 Å². The maximum atomic E-state index is 11.5. The largest absolute Gasteiger partial charge is 0.409 e. The fourth-order valence-corrected chi connectivity index (χ4v) is 2.49. The molecule has 0 aliphatic carbocycles. The highest BCUT2D eigenvalue weighted by molar-refractivity contribution is 7.99. The highest BCUT2D eigenvalue weighted by Crippen LogP contribution is 2.27. The van der Waals surface area contributed by atoms with Crippen LogP contribution in [-0.4, -0.2) is 30.8 Å². The lowest BCUT2D eigenvalue weighted by molar-refractivity contribution is 0.318. The van der Waals surface area contributed by atoms with Gasteiger partial charge in [-0.15, -0.1) is 5.10 Å². The molecule has 0 aliphatic rings. The second kappa shape index (κ2) is 5.57. The van der Waals surface area contributed by atoms with Crippen LogP contribution >= 0.6 is 11.8 Å². The van der Waals surface area contributed by atoms with Crippen LogP contribution in [0.15, 0.2) is 38.5 Å². The predicted molar refractivity (Wildman–Crippen MR) is 69.4 cm³/mol. The van der Waals surface area contributed by atoms with E-state index in [4.69, 9.17) is 10.9 Å². The third kappa shape index (κ3) is 2.60. The molecule has 0 amide bonds. The molecule has 19 heavy (non-hydrogen) atoms. The number of hydrogen-bond donors (Lipinski definition) is 3. The monoisotopic (exact) mass is 280 g/mol. The van der Waals surface area contributed by atoms with Crippen molar-refractivity contribution >= 4 is 17.6 Å². The second-order valence-corrected chi connectivity index (χ2v) is 4.52. The second-order valence-electron chi connectivity index (χ2n) is 3.51. The minimum atomic E-state index is -0.278. The Morgan fingerprint density at radius 3 is 3.16 bits per heavy atom. The molecule has 2 aromatic heterocycles. The van der Waals surface area contributed by atoms with E-state index in [1.807, 2.05) is 6.92 Å². The third-order valence-electron chi connectivity index (χ3n) is 2.41. The Morgan fingerprint density at radius 2 is 2.47 bits per heavy atom. The summed E-state index contributed by atoms with van der Waals surface area (Å²) >= 11 is 1.22. The molecule has 100 valence electrons. The molecule has 8 nitrogen and oxygen atoms in total. The number of hydrogen-bond acceptors (Lipinski definition) is 6. The van der Waals surface area contributed by atoms with Crippen LogP contribution in [0.4, 0.5) is 0 Å². The highest BCUT2D eigenvalue weighted by atomic mass is 32.2. The van der Waals surface area contributed by atoms with Gasteiger partial charge in [0.15, 0.2) is 11.0 Å². The molecular formula is C10H12N6O2S. The van der Waals surface area contributed by atoms with Crippen LogP contribution in [0.1, 0.15) is 12.5 Å². The summed E-state index contributed by atoms with van der Waals surface area (Å²) in [5.74, 6) is -0.0224. The first-order chi connectivity index (χ1) is 9.17. The molecule has 0 aliphatic heterocycles. The summed E-state index contributed by atoms with van der Waals surface area (Å²) in [6.07, 6.45) is 3.10. The zero-order valence-electron chi connectivity index (χ0n) is 10.1. The summed E-state index contributed by atoms with van der Waals surface area (Å²) in [4.78, 5) is 16.1. The lowest BCUT2D eigenvalue weighted by atomic mass is 10.2. The van der Waals surface area contributed by atoms with E-state index in [1.54, 1.807) is 12.3 Å². The molecule has 0 aromatic carbocycles. The van der Waals surface area contributed by atoms with Crippen molar-refractivity contribution in [2.24, 2.45) is 10.9 Å². The van der Waals surface area contributed by atoms with E-state index >= 15 is 0 Å². The lowest BCUT2D eigenvalue weighted by Crippen LogP contribution is -2.16. The molecule has 0 fully saturated rings. The quantitative estimate of drug-likeness (QED) is 0.319. The van der Waals surface area contributed by atoms with E-state index in [0.717, 1.165) is 0 Å². The molecule has 0 saturated carbocycles. The molecule has 0 unspecified atom stereocenters. The van der Waals surface area contributed by atoms with E-state index < -0.39 is 0 Å². The average Bonchev–Trinajstić information content (AvgIpc) is 2.79. The van der Waals surface area contributed by atoms with Gasteiger partial charge in [0, 0.05) is 29.4 Å². The van der Waals surface area contributed by atoms with Gasteiger partial charge in [-0.2, -0.15) is 0 Å². The fourth-order valence-electron chi connectivity index (χ4n) is 1.49. The summed E-state index contributed by atoms with van der Waals surface area (Å²) < 4.78 is 1.48. The molecule has 0 radical (unpaired) electrons.